The van der Waals surface area contributed by atoms with Crippen molar-refractivity contribution in [3.05, 3.63) is 72.2 Å². The highest BCUT2D eigenvalue weighted by Crippen LogP contribution is 2.20. The zero-order valence-electron chi connectivity index (χ0n) is 16.0. The van der Waals surface area contributed by atoms with Gasteiger partial charge in [0.05, 0.1) is 31.4 Å². The molecule has 7 heteroatoms. The Morgan fingerprint density at radius 3 is 2.43 bits per heavy atom. The van der Waals surface area contributed by atoms with Gasteiger partial charge in [0, 0.05) is 25.3 Å². The molecular formula is C21H21N5O2. The molecule has 0 aliphatic heterocycles. The molecule has 2 aromatic carbocycles. The SMILES string of the molecule is COc1ccc(-c2cncc(C(=O)NN=Cc3ccc(N(C)C)cc3)n2)cc1. The number of carbonyl (C=O) groups excluding carboxylic acids is 1. The van der Waals surface area contributed by atoms with Crippen molar-refractivity contribution in [3.8, 4) is 17.0 Å². The summed E-state index contributed by atoms with van der Waals surface area (Å²) in [4.78, 5) is 22.8. The lowest BCUT2D eigenvalue weighted by Crippen LogP contribution is -2.19. The van der Waals surface area contributed by atoms with Crippen LogP contribution in [0.25, 0.3) is 11.3 Å². The molecule has 0 radical (unpaired) electrons. The molecule has 7 nitrogen and oxygen atoms in total. The Morgan fingerprint density at radius 1 is 1.07 bits per heavy atom. The summed E-state index contributed by atoms with van der Waals surface area (Å²) in [7, 11) is 5.56. The Labute approximate surface area is 163 Å². The molecule has 3 aromatic rings. The van der Waals surface area contributed by atoms with E-state index < -0.39 is 5.91 Å². The van der Waals surface area contributed by atoms with Gasteiger partial charge in [0.15, 0.2) is 0 Å². The van der Waals surface area contributed by atoms with Crippen molar-refractivity contribution in [2.75, 3.05) is 26.1 Å². The number of aromatic nitrogens is 2. The quantitative estimate of drug-likeness (QED) is 0.529. The van der Waals surface area contributed by atoms with Crippen molar-refractivity contribution in [2.24, 2.45) is 5.10 Å². The van der Waals surface area contributed by atoms with E-state index in [9.17, 15) is 4.79 Å². The summed E-state index contributed by atoms with van der Waals surface area (Å²) in [6.07, 6.45) is 4.59. The first-order valence-corrected chi connectivity index (χ1v) is 8.64. The lowest BCUT2D eigenvalue weighted by molar-refractivity contribution is 0.0950. The van der Waals surface area contributed by atoms with E-state index in [4.69, 9.17) is 4.74 Å². The van der Waals surface area contributed by atoms with E-state index >= 15 is 0 Å². The Morgan fingerprint density at radius 2 is 1.79 bits per heavy atom. The van der Waals surface area contributed by atoms with E-state index in [1.54, 1.807) is 19.5 Å². The van der Waals surface area contributed by atoms with Crippen LogP contribution in [0.5, 0.6) is 5.75 Å². The van der Waals surface area contributed by atoms with Gasteiger partial charge >= 0.3 is 0 Å². The molecule has 0 bridgehead atoms. The molecule has 0 aliphatic rings. The fraction of sp³-hybridized carbons (Fsp3) is 0.143. The van der Waals surface area contributed by atoms with Gasteiger partial charge < -0.3 is 9.64 Å². The second-order valence-electron chi connectivity index (χ2n) is 6.20. The lowest BCUT2D eigenvalue weighted by Gasteiger charge is -2.11. The topological polar surface area (TPSA) is 79.7 Å². The molecule has 28 heavy (non-hydrogen) atoms. The Balaban J connectivity index is 1.67. The monoisotopic (exact) mass is 375 g/mol. The fourth-order valence-corrected chi connectivity index (χ4v) is 2.46. The highest BCUT2D eigenvalue weighted by atomic mass is 16.5. The predicted molar refractivity (Wildman–Crippen MR) is 110 cm³/mol. The summed E-state index contributed by atoms with van der Waals surface area (Å²) >= 11 is 0. The average molecular weight is 375 g/mol. The normalized spacial score (nSPS) is 10.7. The smallest absolute Gasteiger partial charge is 0.291 e. The number of hydrogen-bond acceptors (Lipinski definition) is 6. The maximum Gasteiger partial charge on any atom is 0.291 e. The molecule has 1 aromatic heterocycles. The van der Waals surface area contributed by atoms with Crippen LogP contribution in [0.4, 0.5) is 5.69 Å². The van der Waals surface area contributed by atoms with E-state index in [1.807, 2.05) is 67.5 Å². The van der Waals surface area contributed by atoms with E-state index in [0.29, 0.717) is 5.69 Å². The van der Waals surface area contributed by atoms with Crippen LogP contribution in [0.2, 0.25) is 0 Å². The number of methoxy groups -OCH3 is 1. The Bertz CT molecular complexity index is 967. The highest BCUT2D eigenvalue weighted by Gasteiger charge is 2.09. The number of hydrazone groups is 1. The van der Waals surface area contributed by atoms with Gasteiger partial charge in [-0.1, -0.05) is 12.1 Å². The minimum atomic E-state index is -0.427. The number of nitrogens with zero attached hydrogens (tertiary/aromatic N) is 4. The van der Waals surface area contributed by atoms with Crippen molar-refractivity contribution in [2.45, 2.75) is 0 Å². The minimum Gasteiger partial charge on any atom is -0.497 e. The molecule has 0 spiro atoms. The maximum absolute atomic E-state index is 12.3. The molecule has 0 atom stereocenters. The van der Waals surface area contributed by atoms with E-state index in [1.165, 1.54) is 6.20 Å². The van der Waals surface area contributed by atoms with Crippen molar-refractivity contribution in [1.29, 1.82) is 0 Å². The maximum atomic E-state index is 12.3. The number of rotatable bonds is 6. The molecule has 142 valence electrons. The number of anilines is 1. The first-order valence-electron chi connectivity index (χ1n) is 8.64. The van der Waals surface area contributed by atoms with Crippen molar-refractivity contribution in [1.82, 2.24) is 15.4 Å². The van der Waals surface area contributed by atoms with Gasteiger partial charge in [-0.25, -0.2) is 10.4 Å². The van der Waals surface area contributed by atoms with Crippen molar-refractivity contribution in [3.63, 3.8) is 0 Å². The van der Waals surface area contributed by atoms with Gasteiger partial charge in [0.2, 0.25) is 0 Å². The van der Waals surface area contributed by atoms with Crippen LogP contribution in [-0.4, -0.2) is 43.3 Å². The van der Waals surface area contributed by atoms with Gasteiger partial charge in [-0.2, -0.15) is 5.10 Å². The van der Waals surface area contributed by atoms with E-state index in [0.717, 1.165) is 22.6 Å². The fourth-order valence-electron chi connectivity index (χ4n) is 2.46. The van der Waals surface area contributed by atoms with Gasteiger partial charge in [-0.15, -0.1) is 0 Å². The summed E-state index contributed by atoms with van der Waals surface area (Å²) in [6.45, 7) is 0. The number of amides is 1. The summed E-state index contributed by atoms with van der Waals surface area (Å²) in [5, 5.41) is 4.00. The minimum absolute atomic E-state index is 0.188. The van der Waals surface area contributed by atoms with Crippen LogP contribution in [-0.2, 0) is 0 Å². The molecule has 0 saturated carbocycles. The molecular weight excluding hydrogens is 354 g/mol. The average Bonchev–Trinajstić information content (AvgIpc) is 2.74. The van der Waals surface area contributed by atoms with Crippen LogP contribution in [0.15, 0.2) is 66.0 Å². The zero-order chi connectivity index (χ0) is 19.9. The third kappa shape index (κ3) is 4.70. The number of nitrogens with one attached hydrogen (secondary N) is 1. The summed E-state index contributed by atoms with van der Waals surface area (Å²) in [5.41, 5.74) is 6.07. The molecule has 1 amide bonds. The lowest BCUT2D eigenvalue weighted by atomic mass is 10.1. The Hall–Kier alpha value is -3.74. The molecule has 1 N–H and O–H groups in total. The van der Waals surface area contributed by atoms with Gasteiger partial charge in [-0.3, -0.25) is 9.78 Å². The summed E-state index contributed by atoms with van der Waals surface area (Å²) in [5.74, 6) is 0.322. The summed E-state index contributed by atoms with van der Waals surface area (Å²) < 4.78 is 5.15. The van der Waals surface area contributed by atoms with E-state index in [2.05, 4.69) is 20.5 Å². The summed E-state index contributed by atoms with van der Waals surface area (Å²) in [6, 6.07) is 15.2. The Kier molecular flexibility index (Phi) is 5.96. The second-order valence-corrected chi connectivity index (χ2v) is 6.20. The standard InChI is InChI=1S/C21H21N5O2/c1-26(2)17-8-4-15(5-9-17)12-23-25-21(27)20-14-22-13-19(24-20)16-6-10-18(28-3)11-7-16/h4-14H,1-3H3,(H,25,27). The molecule has 0 saturated heterocycles. The molecule has 0 fully saturated rings. The third-order valence-corrected chi connectivity index (χ3v) is 4.04. The first-order chi connectivity index (χ1) is 13.6. The van der Waals surface area contributed by atoms with Crippen LogP contribution in [0.1, 0.15) is 16.1 Å². The molecule has 0 aliphatic carbocycles. The van der Waals surface area contributed by atoms with Gasteiger partial charge in [0.1, 0.15) is 11.4 Å². The molecule has 1 heterocycles. The second kappa shape index (κ2) is 8.77. The predicted octanol–water partition coefficient (Wildman–Crippen LogP) is 2.98. The van der Waals surface area contributed by atoms with Crippen molar-refractivity contribution < 1.29 is 9.53 Å². The molecule has 0 unspecified atom stereocenters. The zero-order valence-corrected chi connectivity index (χ0v) is 16.0. The number of benzene rings is 2. The number of hydrogen-bond donors (Lipinski definition) is 1. The van der Waals surface area contributed by atoms with Gasteiger partial charge in [-0.05, 0) is 42.0 Å². The highest BCUT2D eigenvalue weighted by molar-refractivity contribution is 5.93. The van der Waals surface area contributed by atoms with Crippen LogP contribution in [0.3, 0.4) is 0 Å². The van der Waals surface area contributed by atoms with Crippen LogP contribution < -0.4 is 15.1 Å². The van der Waals surface area contributed by atoms with Crippen LogP contribution in [0, 0.1) is 0 Å². The third-order valence-electron chi connectivity index (χ3n) is 4.04. The van der Waals surface area contributed by atoms with Crippen LogP contribution >= 0.6 is 0 Å². The largest absolute Gasteiger partial charge is 0.497 e. The first kappa shape index (κ1) is 19.0. The van der Waals surface area contributed by atoms with Crippen molar-refractivity contribution >= 4 is 17.8 Å². The molecule has 3 rings (SSSR count). The van der Waals surface area contributed by atoms with Gasteiger partial charge in [0.25, 0.3) is 5.91 Å². The number of ether oxygens (including phenoxy) is 1. The number of carbonyl (C=O) groups is 1. The van der Waals surface area contributed by atoms with E-state index in [-0.39, 0.29) is 5.69 Å².